The van der Waals surface area contributed by atoms with E-state index in [0.717, 1.165) is 29.6 Å². The first kappa shape index (κ1) is 23.0. The van der Waals surface area contributed by atoms with Crippen molar-refractivity contribution in [3.05, 3.63) is 41.3 Å². The molecule has 7 heteroatoms. The second-order valence-electron chi connectivity index (χ2n) is 7.43. The number of hydrogen-bond donors (Lipinski definition) is 1. The van der Waals surface area contributed by atoms with Crippen molar-refractivity contribution in [2.75, 3.05) is 25.6 Å². The number of carbonyl (C=O) groups is 1. The van der Waals surface area contributed by atoms with Crippen molar-refractivity contribution in [1.29, 1.82) is 0 Å². The molecular weight excluding hydrogens is 392 g/mol. The number of sulfonamides is 1. The van der Waals surface area contributed by atoms with Gasteiger partial charge in [-0.3, -0.25) is 4.79 Å². The maximum absolute atomic E-state index is 12.9. The van der Waals surface area contributed by atoms with Crippen LogP contribution in [-0.4, -0.2) is 50.9 Å². The van der Waals surface area contributed by atoms with Crippen LogP contribution in [0.2, 0.25) is 0 Å². The Hall–Kier alpha value is -1.31. The van der Waals surface area contributed by atoms with Gasteiger partial charge in [0.05, 0.1) is 0 Å². The fourth-order valence-corrected chi connectivity index (χ4v) is 5.05. The monoisotopic (exact) mass is 424 g/mol. The maximum Gasteiger partial charge on any atom is 0.240 e. The van der Waals surface area contributed by atoms with Gasteiger partial charge in [-0.1, -0.05) is 49.6 Å². The van der Waals surface area contributed by atoms with Gasteiger partial charge in [-0.15, -0.1) is 0 Å². The molecule has 0 aromatic heterocycles. The number of rotatable bonds is 10. The topological polar surface area (TPSA) is 66.5 Å². The molecule has 1 aliphatic rings. The molecule has 2 rings (SSSR count). The molecule has 156 valence electrons. The summed E-state index contributed by atoms with van der Waals surface area (Å²) in [5.41, 5.74) is 0.800. The minimum absolute atomic E-state index is 0.142. The first-order chi connectivity index (χ1) is 13.4. The zero-order valence-electron chi connectivity index (χ0n) is 16.8. The van der Waals surface area contributed by atoms with E-state index in [1.54, 1.807) is 29.8 Å². The number of nitrogens with zero attached hydrogens (tertiary/aromatic N) is 1. The second-order valence-corrected chi connectivity index (χ2v) is 10.0. The molecule has 1 aromatic rings. The van der Waals surface area contributed by atoms with Gasteiger partial charge in [0.25, 0.3) is 0 Å². The molecule has 5 nitrogen and oxygen atoms in total. The molecule has 0 saturated heterocycles. The van der Waals surface area contributed by atoms with Crippen LogP contribution in [0.3, 0.4) is 0 Å². The van der Waals surface area contributed by atoms with Crippen LogP contribution in [0.4, 0.5) is 0 Å². The Labute approximate surface area is 174 Å². The zero-order chi connectivity index (χ0) is 20.4. The molecule has 1 aliphatic carbocycles. The number of amides is 1. The molecule has 0 spiro atoms. The summed E-state index contributed by atoms with van der Waals surface area (Å²) in [6, 6.07) is 8.52. The van der Waals surface area contributed by atoms with Gasteiger partial charge in [-0.25, -0.2) is 8.42 Å². The van der Waals surface area contributed by atoms with Crippen molar-refractivity contribution in [2.24, 2.45) is 5.92 Å². The number of benzene rings is 1. The standard InChI is InChI=1S/C21H32N2O3S2/c1-23(17-19-11-7-4-8-12-19)21(24)20(13-15-27-2)22-28(25,26)16-14-18-9-5-3-6-10-18/h3,5-6,9-10,14,16,19-20,22H,4,7-8,11-13,15,17H2,1-2H3/b16-14+. The largest absolute Gasteiger partial charge is 0.344 e. The summed E-state index contributed by atoms with van der Waals surface area (Å²) >= 11 is 1.61. The third-order valence-electron chi connectivity index (χ3n) is 5.09. The van der Waals surface area contributed by atoms with E-state index in [1.807, 2.05) is 36.6 Å². The summed E-state index contributed by atoms with van der Waals surface area (Å²) in [7, 11) is -1.92. The normalized spacial score (nSPS) is 16.9. The number of thioether (sulfide) groups is 1. The van der Waals surface area contributed by atoms with E-state index in [4.69, 9.17) is 0 Å². The highest BCUT2D eigenvalue weighted by molar-refractivity contribution is 7.98. The smallest absolute Gasteiger partial charge is 0.240 e. The van der Waals surface area contributed by atoms with Crippen molar-refractivity contribution in [3.63, 3.8) is 0 Å². The third kappa shape index (κ3) is 7.97. The van der Waals surface area contributed by atoms with E-state index in [2.05, 4.69) is 4.72 Å². The van der Waals surface area contributed by atoms with Crippen LogP contribution in [0.5, 0.6) is 0 Å². The summed E-state index contributed by atoms with van der Waals surface area (Å²) in [5, 5.41) is 1.14. The maximum atomic E-state index is 12.9. The van der Waals surface area contributed by atoms with Crippen LogP contribution < -0.4 is 4.72 Å². The Balaban J connectivity index is 2.02. The van der Waals surface area contributed by atoms with Gasteiger partial charge < -0.3 is 4.90 Å². The summed E-state index contributed by atoms with van der Waals surface area (Å²) in [6.45, 7) is 0.705. The van der Waals surface area contributed by atoms with E-state index in [-0.39, 0.29) is 5.91 Å². The summed E-state index contributed by atoms with van der Waals surface area (Å²) in [5.74, 6) is 1.10. The Morgan fingerprint density at radius 3 is 2.57 bits per heavy atom. The van der Waals surface area contributed by atoms with Crippen LogP contribution in [0, 0.1) is 5.92 Å². The Morgan fingerprint density at radius 1 is 1.25 bits per heavy atom. The highest BCUT2D eigenvalue weighted by Crippen LogP contribution is 2.24. The van der Waals surface area contributed by atoms with Crippen LogP contribution >= 0.6 is 11.8 Å². The molecule has 1 unspecified atom stereocenters. The molecule has 1 N–H and O–H groups in total. The molecule has 1 aromatic carbocycles. The third-order valence-corrected chi connectivity index (χ3v) is 6.84. The van der Waals surface area contributed by atoms with Crippen molar-refractivity contribution in [3.8, 4) is 0 Å². The predicted octanol–water partition coefficient (Wildman–Crippen LogP) is 3.74. The number of carbonyl (C=O) groups excluding carboxylic acids is 1. The van der Waals surface area contributed by atoms with E-state index in [9.17, 15) is 13.2 Å². The Morgan fingerprint density at radius 2 is 1.93 bits per heavy atom. The zero-order valence-corrected chi connectivity index (χ0v) is 18.5. The Bertz CT molecular complexity index is 729. The van der Waals surface area contributed by atoms with Gasteiger partial charge in [-0.05, 0) is 48.8 Å². The fraction of sp³-hybridized carbons (Fsp3) is 0.571. The molecule has 1 saturated carbocycles. The summed E-state index contributed by atoms with van der Waals surface area (Å²) in [6.07, 6.45) is 10.0. The number of likely N-dealkylation sites (N-methyl/N-ethyl adjacent to an activating group) is 1. The SMILES string of the molecule is CSCCC(NS(=O)(=O)/C=C/c1ccccc1)C(=O)N(C)CC1CCCCC1. The molecule has 0 aliphatic heterocycles. The van der Waals surface area contributed by atoms with Gasteiger partial charge >= 0.3 is 0 Å². The molecule has 28 heavy (non-hydrogen) atoms. The van der Waals surface area contributed by atoms with Crippen LogP contribution in [0.25, 0.3) is 6.08 Å². The van der Waals surface area contributed by atoms with Gasteiger partial charge in [-0.2, -0.15) is 16.5 Å². The van der Waals surface area contributed by atoms with Crippen molar-refractivity contribution < 1.29 is 13.2 Å². The molecule has 1 amide bonds. The highest BCUT2D eigenvalue weighted by atomic mass is 32.2. The van der Waals surface area contributed by atoms with Crippen LogP contribution in [-0.2, 0) is 14.8 Å². The van der Waals surface area contributed by atoms with Gasteiger partial charge in [0.15, 0.2) is 0 Å². The van der Waals surface area contributed by atoms with Gasteiger partial charge in [0, 0.05) is 19.0 Å². The Kier molecular flexibility index (Phi) is 9.55. The number of nitrogens with one attached hydrogen (secondary N) is 1. The van der Waals surface area contributed by atoms with Crippen molar-refractivity contribution in [2.45, 2.75) is 44.6 Å². The van der Waals surface area contributed by atoms with E-state index >= 15 is 0 Å². The summed E-state index contributed by atoms with van der Waals surface area (Å²) in [4.78, 5) is 14.7. The lowest BCUT2D eigenvalue weighted by Crippen LogP contribution is -2.48. The lowest BCUT2D eigenvalue weighted by Gasteiger charge is -2.29. The average Bonchev–Trinajstić information content (AvgIpc) is 2.70. The lowest BCUT2D eigenvalue weighted by atomic mass is 9.89. The van der Waals surface area contributed by atoms with Gasteiger partial charge in [0.1, 0.15) is 6.04 Å². The highest BCUT2D eigenvalue weighted by Gasteiger charge is 2.27. The van der Waals surface area contributed by atoms with Gasteiger partial charge in [0.2, 0.25) is 15.9 Å². The first-order valence-corrected chi connectivity index (χ1v) is 12.8. The quantitative estimate of drug-likeness (QED) is 0.621. The van der Waals surface area contributed by atoms with E-state index < -0.39 is 16.1 Å². The van der Waals surface area contributed by atoms with Crippen molar-refractivity contribution in [1.82, 2.24) is 9.62 Å². The summed E-state index contributed by atoms with van der Waals surface area (Å²) < 4.78 is 27.6. The molecule has 1 atom stereocenters. The minimum Gasteiger partial charge on any atom is -0.344 e. The van der Waals surface area contributed by atoms with Crippen molar-refractivity contribution >= 4 is 33.8 Å². The molecular formula is C21H32N2O3S2. The predicted molar refractivity (Wildman–Crippen MR) is 119 cm³/mol. The molecule has 1 fully saturated rings. The molecule has 0 bridgehead atoms. The minimum atomic E-state index is -3.71. The van der Waals surface area contributed by atoms with E-state index in [1.165, 1.54) is 19.3 Å². The van der Waals surface area contributed by atoms with Crippen LogP contribution in [0.15, 0.2) is 35.7 Å². The first-order valence-electron chi connectivity index (χ1n) is 9.90. The molecule has 0 heterocycles. The second kappa shape index (κ2) is 11.6. The average molecular weight is 425 g/mol. The van der Waals surface area contributed by atoms with E-state index in [0.29, 0.717) is 18.9 Å². The van der Waals surface area contributed by atoms with Crippen LogP contribution in [0.1, 0.15) is 44.1 Å². The molecule has 0 radical (unpaired) electrons. The fourth-order valence-electron chi connectivity index (χ4n) is 3.55. The lowest BCUT2D eigenvalue weighted by molar-refractivity contribution is -0.132. The number of hydrogen-bond acceptors (Lipinski definition) is 4.